The maximum Gasteiger partial charge on any atom is 0.405 e. The Bertz CT molecular complexity index is 1270. The van der Waals surface area contributed by atoms with E-state index in [1.807, 2.05) is 6.92 Å². The van der Waals surface area contributed by atoms with Gasteiger partial charge in [0.25, 0.3) is 5.91 Å². The second-order valence-electron chi connectivity index (χ2n) is 11.9. The average molecular weight is 633 g/mol. The van der Waals surface area contributed by atoms with Crippen LogP contribution < -0.4 is 16.4 Å². The number of primary amides is 1. The number of carbonyl (C=O) groups excluding carboxylic acids is 4. The van der Waals surface area contributed by atoms with Crippen LogP contribution in [0.2, 0.25) is 0 Å². The lowest BCUT2D eigenvalue weighted by Gasteiger charge is -2.30. The van der Waals surface area contributed by atoms with E-state index in [1.165, 1.54) is 33.3 Å². The van der Waals surface area contributed by atoms with Crippen LogP contribution in [0, 0.1) is 11.8 Å². The molecule has 0 aromatic rings. The molecule has 0 spiro atoms. The molecular formula is C32H48N4O9. The quantitative estimate of drug-likeness (QED) is 0.154. The number of amides is 2. The molecule has 2 bridgehead atoms. The fourth-order valence-corrected chi connectivity index (χ4v) is 5.30. The fourth-order valence-electron chi connectivity index (χ4n) is 5.30. The third kappa shape index (κ3) is 10.8. The van der Waals surface area contributed by atoms with Crippen molar-refractivity contribution in [2.75, 3.05) is 34.9 Å². The summed E-state index contributed by atoms with van der Waals surface area (Å²) in [5, 5.41) is 27.1. The lowest BCUT2D eigenvalue weighted by molar-refractivity contribution is -0.120. The zero-order chi connectivity index (χ0) is 34.0. The number of nitrogens with zero attached hydrogens (tertiary/aromatic N) is 1. The van der Waals surface area contributed by atoms with Crippen molar-refractivity contribution in [3.8, 4) is 0 Å². The summed E-state index contributed by atoms with van der Waals surface area (Å²) in [5.74, 6) is -2.52. The highest BCUT2D eigenvalue weighted by Crippen LogP contribution is 2.29. The first-order valence-electron chi connectivity index (χ1n) is 14.8. The van der Waals surface area contributed by atoms with Crippen LogP contribution in [0.3, 0.4) is 0 Å². The predicted molar refractivity (Wildman–Crippen MR) is 167 cm³/mol. The van der Waals surface area contributed by atoms with Gasteiger partial charge in [-0.2, -0.15) is 0 Å². The van der Waals surface area contributed by atoms with Crippen LogP contribution >= 0.6 is 0 Å². The number of allylic oxidation sites excluding steroid dienone is 4. The monoisotopic (exact) mass is 632 g/mol. The molecule has 6 N–H and O–H groups in total. The third-order valence-electron chi connectivity index (χ3n) is 7.64. The zero-order valence-electron chi connectivity index (χ0n) is 27.3. The SMILES string of the molecule is CO[C@H]1/C=C\C=C(/C)C(=O)NC2=CC(=O)C(NC(O)CN(C)C)=C(C[C@@H](C)C[C@H](OC)[C@H](O)[C@@H](C)/C=C(\C)[C@@H]1OC(N)=O)C2=O. The normalized spacial score (nSPS) is 31.3. The minimum atomic E-state index is -1.14. The number of nitrogens with two attached hydrogens (primary N) is 1. The average Bonchev–Trinajstić information content (AvgIpc) is 2.95. The molecule has 7 atom stereocenters. The molecule has 2 amide bonds. The van der Waals surface area contributed by atoms with Gasteiger partial charge in [-0.3, -0.25) is 14.4 Å². The molecule has 1 heterocycles. The van der Waals surface area contributed by atoms with Gasteiger partial charge in [-0.25, -0.2) is 4.79 Å². The van der Waals surface area contributed by atoms with Gasteiger partial charge >= 0.3 is 6.09 Å². The number of Topliss-reactive ketones (excluding diaryl/α,β-unsaturated/α-hetero) is 1. The molecule has 250 valence electrons. The summed E-state index contributed by atoms with van der Waals surface area (Å²) in [6, 6.07) is 0. The fraction of sp³-hybridized carbons (Fsp3) is 0.562. The maximum atomic E-state index is 13.7. The van der Waals surface area contributed by atoms with Crippen molar-refractivity contribution in [1.82, 2.24) is 15.5 Å². The first kappa shape index (κ1) is 37.6. The Morgan fingerprint density at radius 1 is 1.18 bits per heavy atom. The summed E-state index contributed by atoms with van der Waals surface area (Å²) in [7, 11) is 6.40. The number of aliphatic hydroxyl groups is 2. The van der Waals surface area contributed by atoms with E-state index in [9.17, 15) is 29.4 Å². The molecule has 2 rings (SSSR count). The number of fused-ring (bicyclic) bond motifs is 2. The number of carbonyl (C=O) groups is 4. The van der Waals surface area contributed by atoms with Crippen LogP contribution in [0.15, 0.2) is 58.5 Å². The number of methoxy groups -OCH3 is 2. The molecule has 0 radical (unpaired) electrons. The van der Waals surface area contributed by atoms with E-state index in [-0.39, 0.29) is 41.4 Å². The highest BCUT2D eigenvalue weighted by Gasteiger charge is 2.34. The number of hydrogen-bond donors (Lipinski definition) is 5. The molecule has 13 heteroatoms. The highest BCUT2D eigenvalue weighted by atomic mass is 16.6. The zero-order valence-corrected chi connectivity index (χ0v) is 27.3. The number of nitrogens with one attached hydrogen (secondary N) is 2. The van der Waals surface area contributed by atoms with Crippen LogP contribution in [0.1, 0.15) is 40.5 Å². The lowest BCUT2D eigenvalue weighted by atomic mass is 9.85. The van der Waals surface area contributed by atoms with Crippen molar-refractivity contribution < 1.29 is 43.6 Å². The van der Waals surface area contributed by atoms with E-state index in [0.29, 0.717) is 12.0 Å². The first-order chi connectivity index (χ1) is 21.1. The van der Waals surface area contributed by atoms with Gasteiger partial charge in [0.05, 0.1) is 23.6 Å². The number of rotatable bonds is 7. The van der Waals surface area contributed by atoms with Crippen LogP contribution in [-0.2, 0) is 28.6 Å². The Labute approximate surface area is 264 Å². The molecule has 0 saturated carbocycles. The van der Waals surface area contributed by atoms with Crippen LogP contribution in [0.25, 0.3) is 0 Å². The van der Waals surface area contributed by atoms with Gasteiger partial charge in [0.1, 0.15) is 12.3 Å². The number of likely N-dealkylation sites (N-methyl/N-ethyl adjacent to an activating group) is 1. The van der Waals surface area contributed by atoms with Crippen LogP contribution in [0.4, 0.5) is 4.79 Å². The molecule has 45 heavy (non-hydrogen) atoms. The topological polar surface area (TPSA) is 190 Å². The van der Waals surface area contributed by atoms with Crippen LogP contribution in [-0.4, -0.2) is 104 Å². The Hall–Kier alpha value is -3.62. The predicted octanol–water partition coefficient (Wildman–Crippen LogP) is 1.23. The Kier molecular flexibility index (Phi) is 14.3. The Morgan fingerprint density at radius 2 is 1.84 bits per heavy atom. The van der Waals surface area contributed by atoms with Crippen molar-refractivity contribution in [3.05, 3.63) is 58.5 Å². The van der Waals surface area contributed by atoms with Crippen molar-refractivity contribution in [1.29, 1.82) is 0 Å². The lowest BCUT2D eigenvalue weighted by Crippen LogP contribution is -2.43. The Morgan fingerprint density at radius 3 is 2.42 bits per heavy atom. The number of ether oxygens (including phenoxy) is 3. The summed E-state index contributed by atoms with van der Waals surface area (Å²) < 4.78 is 16.6. The summed E-state index contributed by atoms with van der Waals surface area (Å²) in [5.41, 5.74) is 5.98. The van der Waals surface area contributed by atoms with Gasteiger partial charge in [-0.05, 0) is 52.3 Å². The second-order valence-corrected chi connectivity index (χ2v) is 11.9. The summed E-state index contributed by atoms with van der Waals surface area (Å²) in [6.07, 6.45) is 2.18. The molecule has 1 aliphatic carbocycles. The molecule has 1 unspecified atom stereocenters. The van der Waals surface area contributed by atoms with E-state index < -0.39 is 60.1 Å². The molecule has 0 fully saturated rings. The summed E-state index contributed by atoms with van der Waals surface area (Å²) in [6.45, 7) is 7.06. The van der Waals surface area contributed by atoms with E-state index in [2.05, 4.69) is 10.6 Å². The Balaban J connectivity index is 2.63. The summed E-state index contributed by atoms with van der Waals surface area (Å²) >= 11 is 0. The minimum absolute atomic E-state index is 0.0483. The number of aliphatic hydroxyl groups excluding tert-OH is 2. The van der Waals surface area contributed by atoms with E-state index in [1.54, 1.807) is 45.0 Å². The van der Waals surface area contributed by atoms with Gasteiger partial charge in [-0.1, -0.05) is 38.2 Å². The molecule has 0 aromatic heterocycles. The van der Waals surface area contributed by atoms with Crippen LogP contribution in [0.5, 0.6) is 0 Å². The van der Waals surface area contributed by atoms with Gasteiger partial charge in [0, 0.05) is 43.9 Å². The molecule has 2 aliphatic rings. The first-order valence-corrected chi connectivity index (χ1v) is 14.8. The largest absolute Gasteiger partial charge is 0.439 e. The smallest absolute Gasteiger partial charge is 0.405 e. The van der Waals surface area contributed by atoms with E-state index in [0.717, 1.165) is 6.08 Å². The maximum absolute atomic E-state index is 13.7. The molecular weight excluding hydrogens is 584 g/mol. The summed E-state index contributed by atoms with van der Waals surface area (Å²) in [4.78, 5) is 53.5. The highest BCUT2D eigenvalue weighted by molar-refractivity contribution is 6.23. The standard InChI is InChI=1S/C32H48N4O9/c1-17-12-21-27(35-26(38)16-36(5)6)23(37)15-22(29(21)40)34-31(41)18(2)10-9-11-24(43-7)30(45-32(33)42)20(4)14-19(3)28(39)25(13-17)44-8/h9-11,14-15,17,19,24-26,28,30,35,38-39H,12-13,16H2,1-8H3,(H2,33,42)(H,34,41)/b11-9-,18-10+,20-14+/t17-,19+,24+,25+,26?,28-,30+/m1/s1. The van der Waals surface area contributed by atoms with Crippen molar-refractivity contribution in [2.24, 2.45) is 17.6 Å². The van der Waals surface area contributed by atoms with E-state index in [4.69, 9.17) is 19.9 Å². The molecule has 1 aliphatic heterocycles. The third-order valence-corrected chi connectivity index (χ3v) is 7.64. The van der Waals surface area contributed by atoms with E-state index >= 15 is 0 Å². The molecule has 0 saturated heterocycles. The van der Waals surface area contributed by atoms with Gasteiger partial charge in [-0.15, -0.1) is 0 Å². The number of hydrogen-bond acceptors (Lipinski definition) is 11. The van der Waals surface area contributed by atoms with Crippen molar-refractivity contribution in [3.63, 3.8) is 0 Å². The van der Waals surface area contributed by atoms with Gasteiger partial charge < -0.3 is 45.7 Å². The van der Waals surface area contributed by atoms with Gasteiger partial charge in [0.15, 0.2) is 6.10 Å². The second kappa shape index (κ2) is 17.2. The van der Waals surface area contributed by atoms with Crippen molar-refractivity contribution in [2.45, 2.75) is 71.2 Å². The van der Waals surface area contributed by atoms with Gasteiger partial charge in [0.2, 0.25) is 11.6 Å². The molecule has 0 aromatic carbocycles. The molecule has 13 nitrogen and oxygen atoms in total. The minimum Gasteiger partial charge on any atom is -0.439 e. The number of ketones is 2. The van der Waals surface area contributed by atoms with Crippen molar-refractivity contribution >= 4 is 23.6 Å².